The molecule has 2 heterocycles. The number of imide groups is 1. The lowest BCUT2D eigenvalue weighted by Crippen LogP contribution is -2.30. The first-order valence-corrected chi connectivity index (χ1v) is 8.85. The van der Waals surface area contributed by atoms with Crippen molar-refractivity contribution in [2.75, 3.05) is 0 Å². The van der Waals surface area contributed by atoms with Crippen LogP contribution in [-0.4, -0.2) is 21.7 Å². The molecule has 1 saturated carbocycles. The quantitative estimate of drug-likeness (QED) is 0.786. The lowest BCUT2D eigenvalue weighted by atomic mass is 9.81. The van der Waals surface area contributed by atoms with Gasteiger partial charge in [0.1, 0.15) is 5.75 Å². The van der Waals surface area contributed by atoms with Crippen LogP contribution >= 0.6 is 0 Å². The van der Waals surface area contributed by atoms with E-state index in [-0.39, 0.29) is 35.9 Å². The van der Waals surface area contributed by atoms with E-state index < -0.39 is 5.82 Å². The van der Waals surface area contributed by atoms with Crippen molar-refractivity contribution >= 4 is 11.8 Å². The average molecular weight is 354 g/mol. The molecule has 2 fully saturated rings. The molecule has 0 spiro atoms. The van der Waals surface area contributed by atoms with Crippen molar-refractivity contribution in [1.29, 1.82) is 0 Å². The molecule has 0 unspecified atom stereocenters. The van der Waals surface area contributed by atoms with Crippen molar-refractivity contribution < 1.29 is 18.7 Å². The van der Waals surface area contributed by atoms with Crippen LogP contribution < -0.4 is 4.74 Å². The van der Waals surface area contributed by atoms with Gasteiger partial charge in [0.2, 0.25) is 11.8 Å². The van der Waals surface area contributed by atoms with Crippen LogP contribution in [0.25, 0.3) is 0 Å². The summed E-state index contributed by atoms with van der Waals surface area (Å²) in [6.45, 7) is 0.106. The molecule has 1 aromatic heterocycles. The first-order chi connectivity index (χ1) is 12.6. The molecule has 1 aromatic carbocycles. The number of amides is 2. The molecular weight excluding hydrogens is 335 g/mol. The predicted octanol–water partition coefficient (Wildman–Crippen LogP) is 3.69. The largest absolute Gasteiger partial charge is 0.453 e. The molecule has 1 aliphatic carbocycles. The fraction of sp³-hybridized carbons (Fsp3) is 0.350. The highest BCUT2D eigenvalue weighted by Crippen LogP contribution is 2.38. The van der Waals surface area contributed by atoms with E-state index >= 15 is 0 Å². The summed E-state index contributed by atoms with van der Waals surface area (Å²) in [5, 5.41) is 0. The number of carbonyl (C=O) groups is 2. The number of hydrogen-bond donors (Lipinski definition) is 0. The third kappa shape index (κ3) is 3.07. The van der Waals surface area contributed by atoms with Gasteiger partial charge in [-0.25, -0.2) is 4.39 Å². The second-order valence-corrected chi connectivity index (χ2v) is 6.82. The summed E-state index contributed by atoms with van der Waals surface area (Å²) in [4.78, 5) is 30.3. The predicted molar refractivity (Wildman–Crippen MR) is 91.7 cm³/mol. The molecular formula is C20H19FN2O3. The van der Waals surface area contributed by atoms with Gasteiger partial charge in [-0.1, -0.05) is 18.9 Å². The Morgan fingerprint density at radius 2 is 1.85 bits per heavy atom. The molecule has 0 N–H and O–H groups in total. The van der Waals surface area contributed by atoms with Crippen LogP contribution in [-0.2, 0) is 16.1 Å². The van der Waals surface area contributed by atoms with Gasteiger partial charge in [-0.3, -0.25) is 19.5 Å². The summed E-state index contributed by atoms with van der Waals surface area (Å²) in [6, 6.07) is 7.89. The van der Waals surface area contributed by atoms with Crippen molar-refractivity contribution in [1.82, 2.24) is 9.88 Å². The van der Waals surface area contributed by atoms with Gasteiger partial charge >= 0.3 is 0 Å². The Hall–Kier alpha value is -2.76. The van der Waals surface area contributed by atoms with Crippen molar-refractivity contribution in [3.05, 3.63) is 54.1 Å². The van der Waals surface area contributed by atoms with Gasteiger partial charge in [0, 0.05) is 6.20 Å². The summed E-state index contributed by atoms with van der Waals surface area (Å²) in [5.74, 6) is -0.624. The molecule has 2 amide bonds. The Labute approximate surface area is 150 Å². The third-order valence-corrected chi connectivity index (χ3v) is 5.13. The highest BCUT2D eigenvalue weighted by molar-refractivity contribution is 6.05. The molecule has 26 heavy (non-hydrogen) atoms. The number of rotatable bonds is 4. The zero-order chi connectivity index (χ0) is 18.1. The van der Waals surface area contributed by atoms with Gasteiger partial charge in [0.15, 0.2) is 11.6 Å². The summed E-state index contributed by atoms with van der Waals surface area (Å²) >= 11 is 0. The van der Waals surface area contributed by atoms with E-state index in [1.807, 2.05) is 0 Å². The van der Waals surface area contributed by atoms with Crippen LogP contribution in [0.3, 0.4) is 0 Å². The van der Waals surface area contributed by atoms with Crippen LogP contribution in [0.5, 0.6) is 11.5 Å². The zero-order valence-corrected chi connectivity index (χ0v) is 14.2. The molecule has 2 atom stereocenters. The molecule has 0 radical (unpaired) electrons. The lowest BCUT2D eigenvalue weighted by Gasteiger charge is -2.19. The van der Waals surface area contributed by atoms with Gasteiger partial charge < -0.3 is 4.74 Å². The summed E-state index contributed by atoms with van der Waals surface area (Å²) in [7, 11) is 0. The van der Waals surface area contributed by atoms with Crippen molar-refractivity contribution in [2.45, 2.75) is 32.2 Å². The second kappa shape index (κ2) is 6.86. The minimum absolute atomic E-state index is 0.0782. The van der Waals surface area contributed by atoms with Crippen LogP contribution in [0.1, 0.15) is 31.2 Å². The molecule has 1 aliphatic heterocycles. The highest BCUT2D eigenvalue weighted by atomic mass is 19.1. The summed E-state index contributed by atoms with van der Waals surface area (Å²) < 4.78 is 19.8. The van der Waals surface area contributed by atoms with Crippen LogP contribution in [0.15, 0.2) is 42.7 Å². The van der Waals surface area contributed by atoms with E-state index in [0.717, 1.165) is 25.7 Å². The first kappa shape index (κ1) is 16.7. The van der Waals surface area contributed by atoms with Gasteiger partial charge in [-0.2, -0.15) is 0 Å². The van der Waals surface area contributed by atoms with Gasteiger partial charge in [0.25, 0.3) is 0 Å². The fourth-order valence-corrected chi connectivity index (χ4v) is 3.83. The topological polar surface area (TPSA) is 59.5 Å². The van der Waals surface area contributed by atoms with E-state index in [0.29, 0.717) is 11.3 Å². The molecule has 4 rings (SSSR count). The van der Waals surface area contributed by atoms with Crippen molar-refractivity contribution in [2.24, 2.45) is 11.8 Å². The number of pyridine rings is 1. The number of benzene rings is 1. The van der Waals surface area contributed by atoms with E-state index in [2.05, 4.69) is 4.98 Å². The lowest BCUT2D eigenvalue weighted by molar-refractivity contribution is -0.140. The number of hydrogen-bond acceptors (Lipinski definition) is 4. The third-order valence-electron chi connectivity index (χ3n) is 5.13. The SMILES string of the molecule is O=C1[C@@H]2CCCC[C@H]2C(=O)N1Cc1ccc(Oc2cccnc2)c(F)c1. The molecule has 6 heteroatoms. The maximum absolute atomic E-state index is 14.4. The van der Waals surface area contributed by atoms with Crippen LogP contribution in [0, 0.1) is 17.7 Å². The van der Waals surface area contributed by atoms with Crippen LogP contribution in [0.2, 0.25) is 0 Å². The normalized spacial score (nSPS) is 22.4. The minimum Gasteiger partial charge on any atom is -0.453 e. The fourth-order valence-electron chi connectivity index (χ4n) is 3.83. The molecule has 0 bridgehead atoms. The van der Waals surface area contributed by atoms with E-state index in [9.17, 15) is 14.0 Å². The van der Waals surface area contributed by atoms with Gasteiger partial charge in [-0.15, -0.1) is 0 Å². The van der Waals surface area contributed by atoms with Crippen LogP contribution in [0.4, 0.5) is 4.39 Å². The number of fused-ring (bicyclic) bond motifs is 1. The Morgan fingerprint density at radius 3 is 2.46 bits per heavy atom. The van der Waals surface area contributed by atoms with Crippen molar-refractivity contribution in [3.63, 3.8) is 0 Å². The monoisotopic (exact) mass is 354 g/mol. The Balaban J connectivity index is 1.49. The molecule has 2 aromatic rings. The van der Waals surface area contributed by atoms with Crippen molar-refractivity contribution in [3.8, 4) is 11.5 Å². The van der Waals surface area contributed by atoms with E-state index in [1.165, 1.54) is 23.2 Å². The van der Waals surface area contributed by atoms with Gasteiger partial charge in [0.05, 0.1) is 24.6 Å². The maximum Gasteiger partial charge on any atom is 0.233 e. The molecule has 2 aliphatic rings. The summed E-state index contributed by atoms with van der Waals surface area (Å²) in [5.41, 5.74) is 0.571. The maximum atomic E-state index is 14.4. The highest BCUT2D eigenvalue weighted by Gasteiger charge is 2.47. The number of likely N-dealkylation sites (tertiary alicyclic amines) is 1. The number of nitrogens with zero attached hydrogens (tertiary/aromatic N) is 2. The molecule has 134 valence electrons. The smallest absolute Gasteiger partial charge is 0.233 e. The van der Waals surface area contributed by atoms with Gasteiger partial charge in [-0.05, 0) is 42.7 Å². The number of halogens is 1. The zero-order valence-electron chi connectivity index (χ0n) is 14.2. The number of ether oxygens (including phenoxy) is 1. The standard InChI is InChI=1S/C20H19FN2O3/c21-17-10-13(7-8-18(17)26-14-4-3-9-22-11-14)12-23-19(24)15-5-1-2-6-16(15)20(23)25/h3-4,7-11,15-16H,1-2,5-6,12H2/t15-,16-/m1/s1. The summed E-state index contributed by atoms with van der Waals surface area (Å²) in [6.07, 6.45) is 6.63. The number of carbonyl (C=O) groups excluding carboxylic acids is 2. The number of aromatic nitrogens is 1. The molecule has 1 saturated heterocycles. The Kier molecular flexibility index (Phi) is 4.41. The van der Waals surface area contributed by atoms with E-state index in [4.69, 9.17) is 4.74 Å². The Morgan fingerprint density at radius 1 is 1.12 bits per heavy atom. The molecule has 5 nitrogen and oxygen atoms in total. The Bertz CT molecular complexity index is 816. The first-order valence-electron chi connectivity index (χ1n) is 8.85. The average Bonchev–Trinajstić information content (AvgIpc) is 2.90. The van der Waals surface area contributed by atoms with E-state index in [1.54, 1.807) is 24.4 Å². The second-order valence-electron chi connectivity index (χ2n) is 6.82. The minimum atomic E-state index is -0.539.